The Balaban J connectivity index is 1.14. The molecule has 45 heavy (non-hydrogen) atoms. The zero-order valence-corrected chi connectivity index (χ0v) is 26.2. The van der Waals surface area contributed by atoms with Crippen LogP contribution in [0.3, 0.4) is 0 Å². The standard InChI is InChI=1S/C32H52O13/c1-30-7-3-8-31(2,29(41)45-28-26(40)24(38)22(36)18(13-34)44-28)19(30)6-9-32-10-15(4-5-20(30)32)16(11-32)14-42-27-25(39)23(37)21(35)17(12-33)43-27/h15-28,33-40H,3-14H2,1-2H3/t15-,16-,17-,18-,19+,20+,21-,22-,23+,24+,25-,26-,27-,28+,30-,31-,32+/m1/s1. The maximum Gasteiger partial charge on any atom is 0.314 e. The predicted octanol–water partition coefficient (Wildman–Crippen LogP) is -0.825. The van der Waals surface area contributed by atoms with Gasteiger partial charge in [0.2, 0.25) is 6.29 Å². The third-order valence-electron chi connectivity index (χ3n) is 13.1. The molecule has 2 bridgehead atoms. The van der Waals surface area contributed by atoms with Gasteiger partial charge in [0.1, 0.15) is 48.8 Å². The summed E-state index contributed by atoms with van der Waals surface area (Å²) in [7, 11) is 0. The van der Waals surface area contributed by atoms with Crippen LogP contribution in [-0.4, -0.2) is 128 Å². The summed E-state index contributed by atoms with van der Waals surface area (Å²) >= 11 is 0. The zero-order valence-electron chi connectivity index (χ0n) is 26.2. The van der Waals surface area contributed by atoms with Crippen molar-refractivity contribution in [2.45, 2.75) is 133 Å². The molecule has 0 aromatic carbocycles. The number of fused-ring (bicyclic) bond motifs is 3. The summed E-state index contributed by atoms with van der Waals surface area (Å²) in [5.41, 5.74) is -0.872. The van der Waals surface area contributed by atoms with Gasteiger partial charge in [0.05, 0.1) is 25.2 Å². The van der Waals surface area contributed by atoms with Crippen LogP contribution in [0.4, 0.5) is 0 Å². The summed E-state index contributed by atoms with van der Waals surface area (Å²) in [6.07, 6.45) is -5.63. The van der Waals surface area contributed by atoms with Crippen molar-refractivity contribution < 1.29 is 64.6 Å². The molecule has 0 amide bonds. The zero-order chi connectivity index (χ0) is 32.5. The van der Waals surface area contributed by atoms with Crippen LogP contribution in [0.15, 0.2) is 0 Å². The van der Waals surface area contributed by atoms with Gasteiger partial charge in [-0.05, 0) is 92.8 Å². The molecular formula is C32H52O13. The van der Waals surface area contributed by atoms with Gasteiger partial charge < -0.3 is 59.8 Å². The average molecular weight is 645 g/mol. The van der Waals surface area contributed by atoms with Crippen molar-refractivity contribution >= 4 is 5.97 Å². The number of aliphatic hydroxyl groups is 8. The first-order valence-electron chi connectivity index (χ1n) is 16.7. The molecule has 0 aromatic heterocycles. The third-order valence-corrected chi connectivity index (χ3v) is 13.1. The van der Waals surface area contributed by atoms with Gasteiger partial charge in [0.25, 0.3) is 0 Å². The van der Waals surface area contributed by atoms with E-state index in [0.717, 1.165) is 51.4 Å². The minimum Gasteiger partial charge on any atom is -0.432 e. The number of hydrogen-bond donors (Lipinski definition) is 8. The van der Waals surface area contributed by atoms with Gasteiger partial charge in [-0.15, -0.1) is 0 Å². The highest BCUT2D eigenvalue weighted by molar-refractivity contribution is 5.77. The van der Waals surface area contributed by atoms with E-state index in [1.165, 1.54) is 0 Å². The Morgan fingerprint density at radius 1 is 0.733 bits per heavy atom. The van der Waals surface area contributed by atoms with Crippen molar-refractivity contribution in [3.63, 3.8) is 0 Å². The van der Waals surface area contributed by atoms with E-state index in [4.69, 9.17) is 18.9 Å². The number of ether oxygens (including phenoxy) is 4. The first-order valence-corrected chi connectivity index (χ1v) is 16.7. The lowest BCUT2D eigenvalue weighted by molar-refractivity contribution is -0.303. The molecule has 4 aliphatic carbocycles. The molecule has 2 aliphatic heterocycles. The Labute approximate surface area is 263 Å². The SMILES string of the molecule is C[C@@]12CCC[C@@](C)(C(=O)O[C@@H]3O[C@H](CO)[C@@H](O)[C@H](O)[C@H]3O)[C@H]1CC[C@@]13C[C@@H](CC[C@H]12)[C@@H](CO[C@@H]1O[C@H](CO)[C@@H](O)[C@H](O)[C@H]1O)C3. The third kappa shape index (κ3) is 5.47. The predicted molar refractivity (Wildman–Crippen MR) is 154 cm³/mol. The smallest absolute Gasteiger partial charge is 0.314 e. The average Bonchev–Trinajstić information content (AvgIpc) is 3.28. The summed E-state index contributed by atoms with van der Waals surface area (Å²) in [5.74, 6) is 0.598. The lowest BCUT2D eigenvalue weighted by atomic mass is 9.41. The van der Waals surface area contributed by atoms with Gasteiger partial charge in [-0.3, -0.25) is 4.79 Å². The van der Waals surface area contributed by atoms with Crippen LogP contribution < -0.4 is 0 Å². The van der Waals surface area contributed by atoms with E-state index in [1.54, 1.807) is 0 Å². The van der Waals surface area contributed by atoms with E-state index < -0.39 is 86.0 Å². The molecule has 0 radical (unpaired) electrons. The van der Waals surface area contributed by atoms with Crippen LogP contribution in [-0.2, 0) is 23.7 Å². The molecule has 6 rings (SSSR count). The first-order chi connectivity index (χ1) is 21.3. The van der Waals surface area contributed by atoms with E-state index in [2.05, 4.69) is 6.92 Å². The Morgan fingerprint density at radius 3 is 2.00 bits per heavy atom. The van der Waals surface area contributed by atoms with Gasteiger partial charge in [0, 0.05) is 0 Å². The van der Waals surface area contributed by atoms with E-state index in [9.17, 15) is 45.6 Å². The summed E-state index contributed by atoms with van der Waals surface area (Å²) in [6, 6.07) is 0. The number of rotatable bonds is 7. The molecule has 13 nitrogen and oxygen atoms in total. The number of carbonyl (C=O) groups is 1. The lowest BCUT2D eigenvalue weighted by Gasteiger charge is -2.63. The second kappa shape index (κ2) is 12.5. The highest BCUT2D eigenvalue weighted by Crippen LogP contribution is 2.72. The fraction of sp³-hybridized carbons (Fsp3) is 0.969. The summed E-state index contributed by atoms with van der Waals surface area (Å²) in [4.78, 5) is 13.9. The topological polar surface area (TPSA) is 216 Å². The van der Waals surface area contributed by atoms with Crippen molar-refractivity contribution in [1.29, 1.82) is 0 Å². The molecule has 13 heteroatoms. The fourth-order valence-electron chi connectivity index (χ4n) is 10.9. The second-order valence-electron chi connectivity index (χ2n) is 15.4. The van der Waals surface area contributed by atoms with Crippen molar-refractivity contribution in [2.24, 2.45) is 39.9 Å². The van der Waals surface area contributed by atoms with Crippen molar-refractivity contribution in [2.75, 3.05) is 19.8 Å². The molecule has 6 aliphatic rings. The molecule has 258 valence electrons. The van der Waals surface area contributed by atoms with Crippen molar-refractivity contribution in [1.82, 2.24) is 0 Å². The minimum atomic E-state index is -1.64. The molecule has 6 fully saturated rings. The Hall–Kier alpha value is -0.970. The van der Waals surface area contributed by atoms with Gasteiger partial charge in [-0.1, -0.05) is 13.3 Å². The molecule has 0 aromatic rings. The van der Waals surface area contributed by atoms with E-state index in [0.29, 0.717) is 24.9 Å². The summed E-state index contributed by atoms with van der Waals surface area (Å²) in [5, 5.41) is 80.7. The van der Waals surface area contributed by atoms with E-state index in [1.807, 2.05) is 6.92 Å². The molecular weight excluding hydrogens is 592 g/mol. The van der Waals surface area contributed by atoms with Crippen LogP contribution in [0.2, 0.25) is 0 Å². The number of hydrogen-bond acceptors (Lipinski definition) is 13. The van der Waals surface area contributed by atoms with Crippen LogP contribution in [0.25, 0.3) is 0 Å². The normalized spacial score (nSPS) is 54.6. The highest BCUT2D eigenvalue weighted by Gasteiger charge is 2.66. The van der Waals surface area contributed by atoms with Crippen LogP contribution >= 0.6 is 0 Å². The number of aliphatic hydroxyl groups excluding tert-OH is 8. The van der Waals surface area contributed by atoms with Gasteiger partial charge in [0.15, 0.2) is 6.29 Å². The highest BCUT2D eigenvalue weighted by atomic mass is 16.7. The van der Waals surface area contributed by atoms with E-state index >= 15 is 0 Å². The molecule has 8 N–H and O–H groups in total. The number of carbonyl (C=O) groups excluding carboxylic acids is 1. The Morgan fingerprint density at radius 2 is 1.36 bits per heavy atom. The molecule has 17 atom stereocenters. The van der Waals surface area contributed by atoms with Gasteiger partial charge in [-0.2, -0.15) is 0 Å². The quantitative estimate of drug-likeness (QED) is 0.159. The summed E-state index contributed by atoms with van der Waals surface area (Å²) in [6.45, 7) is 3.49. The minimum absolute atomic E-state index is 0.0349. The largest absolute Gasteiger partial charge is 0.432 e. The Kier molecular flexibility index (Phi) is 9.41. The fourth-order valence-corrected chi connectivity index (χ4v) is 10.9. The number of esters is 1. The van der Waals surface area contributed by atoms with Crippen LogP contribution in [0.1, 0.15) is 71.6 Å². The molecule has 2 heterocycles. The van der Waals surface area contributed by atoms with Gasteiger partial charge >= 0.3 is 5.97 Å². The second-order valence-corrected chi connectivity index (χ2v) is 15.4. The lowest BCUT2D eigenvalue weighted by Crippen LogP contribution is -2.61. The van der Waals surface area contributed by atoms with Crippen molar-refractivity contribution in [3.05, 3.63) is 0 Å². The summed E-state index contributed by atoms with van der Waals surface area (Å²) < 4.78 is 22.9. The van der Waals surface area contributed by atoms with Crippen LogP contribution in [0.5, 0.6) is 0 Å². The van der Waals surface area contributed by atoms with Gasteiger partial charge in [-0.25, -0.2) is 0 Å². The molecule has 0 unspecified atom stereocenters. The molecule has 2 saturated heterocycles. The molecule has 1 spiro atoms. The first kappa shape index (κ1) is 33.9. The Bertz CT molecular complexity index is 1070. The molecule has 4 saturated carbocycles. The van der Waals surface area contributed by atoms with E-state index in [-0.39, 0.29) is 22.7 Å². The van der Waals surface area contributed by atoms with Crippen molar-refractivity contribution in [3.8, 4) is 0 Å². The maximum atomic E-state index is 13.9. The van der Waals surface area contributed by atoms with Crippen LogP contribution in [0, 0.1) is 39.9 Å². The maximum absolute atomic E-state index is 13.9. The monoisotopic (exact) mass is 644 g/mol.